The van der Waals surface area contributed by atoms with Gasteiger partial charge in [-0.05, 0) is 60.9 Å². The molecule has 2 aliphatic carbocycles. The molecule has 1 spiro atoms. The van der Waals surface area contributed by atoms with Crippen LogP contribution >= 0.6 is 0 Å². The van der Waals surface area contributed by atoms with E-state index in [1.54, 1.807) is 24.5 Å². The fourth-order valence-corrected chi connectivity index (χ4v) is 4.10. The van der Waals surface area contributed by atoms with Crippen LogP contribution in [0, 0.1) is 11.8 Å². The van der Waals surface area contributed by atoms with Gasteiger partial charge in [0.25, 0.3) is 5.91 Å². The fourth-order valence-electron chi connectivity index (χ4n) is 4.10. The molecule has 2 heterocycles. The molecule has 5 rings (SSSR count). The van der Waals surface area contributed by atoms with Gasteiger partial charge < -0.3 is 10.6 Å². The Kier molecular flexibility index (Phi) is 2.66. The minimum atomic E-state index is -0.288. The molecule has 1 aromatic carbocycles. The van der Waals surface area contributed by atoms with Crippen LogP contribution in [0.3, 0.4) is 0 Å². The summed E-state index contributed by atoms with van der Waals surface area (Å²) in [6.07, 6.45) is 6.67. The molecule has 1 aromatic heterocycles. The summed E-state index contributed by atoms with van der Waals surface area (Å²) >= 11 is 0. The molecule has 2 N–H and O–H groups in total. The summed E-state index contributed by atoms with van der Waals surface area (Å²) in [6, 6.07) is 9.09. The second kappa shape index (κ2) is 4.66. The molecule has 0 bridgehead atoms. The number of nitrogens with one attached hydrogen (secondary N) is 2. The number of amides is 2. The minimum absolute atomic E-state index is 0.131. The van der Waals surface area contributed by atoms with E-state index in [1.807, 2.05) is 18.2 Å². The summed E-state index contributed by atoms with van der Waals surface area (Å²) in [5.74, 6) is 1.19. The van der Waals surface area contributed by atoms with Gasteiger partial charge in [0.2, 0.25) is 5.91 Å². The van der Waals surface area contributed by atoms with Crippen molar-refractivity contribution in [1.82, 2.24) is 4.98 Å². The van der Waals surface area contributed by atoms with Crippen molar-refractivity contribution in [3.63, 3.8) is 0 Å². The number of aromatic nitrogens is 1. The third-order valence-corrected chi connectivity index (χ3v) is 5.56. The van der Waals surface area contributed by atoms with Crippen molar-refractivity contribution in [1.29, 1.82) is 0 Å². The first-order valence-corrected chi connectivity index (χ1v) is 8.36. The average Bonchev–Trinajstić information content (AvgIpc) is 3.48. The Hall–Kier alpha value is -2.69. The molecule has 5 heteroatoms. The highest BCUT2D eigenvalue weighted by Gasteiger charge is 2.68. The lowest BCUT2D eigenvalue weighted by Gasteiger charge is -2.10. The van der Waals surface area contributed by atoms with E-state index in [0.29, 0.717) is 17.2 Å². The van der Waals surface area contributed by atoms with Crippen molar-refractivity contribution in [2.75, 3.05) is 10.6 Å². The van der Waals surface area contributed by atoms with Gasteiger partial charge in [-0.1, -0.05) is 6.07 Å². The molecule has 2 atom stereocenters. The first-order chi connectivity index (χ1) is 11.7. The van der Waals surface area contributed by atoms with Gasteiger partial charge in [0, 0.05) is 29.3 Å². The minimum Gasteiger partial charge on any atom is -0.325 e. The zero-order chi connectivity index (χ0) is 16.3. The molecule has 2 amide bonds. The van der Waals surface area contributed by atoms with E-state index in [0.717, 1.165) is 23.6 Å². The van der Waals surface area contributed by atoms with Crippen LogP contribution in [0.25, 0.3) is 0 Å². The Labute approximate surface area is 139 Å². The van der Waals surface area contributed by atoms with Gasteiger partial charge >= 0.3 is 0 Å². The quantitative estimate of drug-likeness (QED) is 0.913. The Bertz CT molecular complexity index is 860. The SMILES string of the molecule is O=C(Nc1ccc2c(c1)NC(=O)[C@@]21CC1C1CC1)c1ccncc1. The highest BCUT2D eigenvalue weighted by molar-refractivity contribution is 6.10. The smallest absolute Gasteiger partial charge is 0.255 e. The van der Waals surface area contributed by atoms with Crippen LogP contribution in [0.15, 0.2) is 42.7 Å². The number of carbonyl (C=O) groups is 2. The zero-order valence-electron chi connectivity index (χ0n) is 13.1. The molecule has 1 aliphatic heterocycles. The van der Waals surface area contributed by atoms with Crippen molar-refractivity contribution in [3.05, 3.63) is 53.9 Å². The second-order valence-corrected chi connectivity index (χ2v) is 7.02. The standard InChI is InChI=1S/C19H17N3O2/c23-17(12-5-7-20-8-6-12)21-13-3-4-14-16(9-13)22-18(24)19(14)10-15(19)11-1-2-11/h3-9,11,15H,1-2,10H2,(H,21,23)(H,22,24)/t15?,19-/m0/s1. The first kappa shape index (κ1) is 13.7. The lowest BCUT2D eigenvalue weighted by molar-refractivity contribution is -0.118. The van der Waals surface area contributed by atoms with E-state index in [9.17, 15) is 9.59 Å². The largest absolute Gasteiger partial charge is 0.325 e. The number of benzene rings is 1. The van der Waals surface area contributed by atoms with Crippen LogP contribution in [-0.4, -0.2) is 16.8 Å². The molecule has 2 fully saturated rings. The third-order valence-electron chi connectivity index (χ3n) is 5.56. The lowest BCUT2D eigenvalue weighted by Crippen LogP contribution is -2.21. The van der Waals surface area contributed by atoms with Crippen molar-refractivity contribution >= 4 is 23.2 Å². The number of anilines is 2. The number of carbonyl (C=O) groups excluding carboxylic acids is 2. The second-order valence-electron chi connectivity index (χ2n) is 7.02. The van der Waals surface area contributed by atoms with Crippen LogP contribution in [0.2, 0.25) is 0 Å². The molecule has 2 aromatic rings. The van der Waals surface area contributed by atoms with Gasteiger partial charge in [0.1, 0.15) is 0 Å². The van der Waals surface area contributed by atoms with E-state index in [4.69, 9.17) is 0 Å². The molecule has 3 aliphatic rings. The number of rotatable bonds is 3. The van der Waals surface area contributed by atoms with Crippen molar-refractivity contribution in [2.24, 2.45) is 11.8 Å². The van der Waals surface area contributed by atoms with Gasteiger partial charge in [-0.3, -0.25) is 14.6 Å². The van der Waals surface area contributed by atoms with Crippen LogP contribution < -0.4 is 10.6 Å². The van der Waals surface area contributed by atoms with Gasteiger partial charge in [-0.15, -0.1) is 0 Å². The molecular weight excluding hydrogens is 302 g/mol. The molecule has 1 unspecified atom stereocenters. The predicted octanol–water partition coefficient (Wildman–Crippen LogP) is 2.95. The Morgan fingerprint density at radius 1 is 1.21 bits per heavy atom. The van der Waals surface area contributed by atoms with Gasteiger partial charge in [0.05, 0.1) is 5.41 Å². The summed E-state index contributed by atoms with van der Waals surface area (Å²) in [5.41, 5.74) is 2.91. The van der Waals surface area contributed by atoms with E-state index in [-0.39, 0.29) is 17.2 Å². The Morgan fingerprint density at radius 3 is 2.75 bits per heavy atom. The Balaban J connectivity index is 1.41. The predicted molar refractivity (Wildman–Crippen MR) is 89.8 cm³/mol. The van der Waals surface area contributed by atoms with Crippen molar-refractivity contribution in [3.8, 4) is 0 Å². The molecule has 0 saturated heterocycles. The van der Waals surface area contributed by atoms with E-state index < -0.39 is 0 Å². The highest BCUT2D eigenvalue weighted by atomic mass is 16.2. The zero-order valence-corrected chi connectivity index (χ0v) is 13.1. The normalized spacial score (nSPS) is 26.8. The number of hydrogen-bond donors (Lipinski definition) is 2. The lowest BCUT2D eigenvalue weighted by atomic mass is 9.93. The van der Waals surface area contributed by atoms with Gasteiger partial charge in [-0.2, -0.15) is 0 Å². The van der Waals surface area contributed by atoms with Crippen molar-refractivity contribution in [2.45, 2.75) is 24.7 Å². The summed E-state index contributed by atoms with van der Waals surface area (Å²) in [6.45, 7) is 0. The summed E-state index contributed by atoms with van der Waals surface area (Å²) in [4.78, 5) is 28.7. The maximum atomic E-state index is 12.5. The molecule has 24 heavy (non-hydrogen) atoms. The summed E-state index contributed by atoms with van der Waals surface area (Å²) < 4.78 is 0. The molecule has 5 nitrogen and oxygen atoms in total. The number of nitrogens with zero attached hydrogens (tertiary/aromatic N) is 1. The van der Waals surface area contributed by atoms with Gasteiger partial charge in [0.15, 0.2) is 0 Å². The number of pyridine rings is 1. The van der Waals surface area contributed by atoms with Crippen LogP contribution in [0.4, 0.5) is 11.4 Å². The van der Waals surface area contributed by atoms with Crippen LogP contribution in [0.5, 0.6) is 0 Å². The fraction of sp³-hybridized carbons (Fsp3) is 0.316. The highest BCUT2D eigenvalue weighted by Crippen LogP contribution is 2.67. The first-order valence-electron chi connectivity index (χ1n) is 8.36. The number of hydrogen-bond acceptors (Lipinski definition) is 3. The summed E-state index contributed by atoms with van der Waals surface area (Å²) in [5, 5.41) is 5.89. The molecule has 0 radical (unpaired) electrons. The van der Waals surface area contributed by atoms with Crippen LogP contribution in [0.1, 0.15) is 35.2 Å². The third kappa shape index (κ3) is 1.90. The summed E-state index contributed by atoms with van der Waals surface area (Å²) in [7, 11) is 0. The maximum absolute atomic E-state index is 12.5. The maximum Gasteiger partial charge on any atom is 0.255 e. The van der Waals surface area contributed by atoms with Gasteiger partial charge in [-0.25, -0.2) is 0 Å². The van der Waals surface area contributed by atoms with E-state index in [1.165, 1.54) is 12.8 Å². The van der Waals surface area contributed by atoms with Crippen LogP contribution in [-0.2, 0) is 10.2 Å². The van der Waals surface area contributed by atoms with Crippen molar-refractivity contribution < 1.29 is 9.59 Å². The number of fused-ring (bicyclic) bond motifs is 2. The molecular formula is C19H17N3O2. The Morgan fingerprint density at radius 2 is 2.00 bits per heavy atom. The monoisotopic (exact) mass is 319 g/mol. The van der Waals surface area contributed by atoms with E-state index >= 15 is 0 Å². The molecule has 2 saturated carbocycles. The van der Waals surface area contributed by atoms with E-state index in [2.05, 4.69) is 15.6 Å². The molecule has 120 valence electrons. The average molecular weight is 319 g/mol. The topological polar surface area (TPSA) is 71.1 Å².